The second-order valence-electron chi connectivity index (χ2n) is 15.6. The van der Waals surface area contributed by atoms with Gasteiger partial charge >= 0.3 is 0 Å². The zero-order valence-corrected chi connectivity index (χ0v) is 33.3. The second kappa shape index (κ2) is 26.5. The van der Waals surface area contributed by atoms with Crippen LogP contribution in [0.5, 0.6) is 0 Å². The lowest BCUT2D eigenvalue weighted by Gasteiger charge is -2.29. The largest absolute Gasteiger partial charge is 0.391 e. The highest BCUT2D eigenvalue weighted by Crippen LogP contribution is 2.16. The third-order valence-electron chi connectivity index (χ3n) is 9.45. The quantitative estimate of drug-likeness (QED) is 0.0811. The van der Waals surface area contributed by atoms with E-state index >= 15 is 0 Å². The average molecular weight is 753 g/mol. The molecule has 1 aliphatic heterocycles. The molecule has 0 aromatic heterocycles. The monoisotopic (exact) mass is 753 g/mol. The molecule has 0 bridgehead atoms. The molecular formula is C38H72N8O7. The van der Waals surface area contributed by atoms with Gasteiger partial charge in [-0.25, -0.2) is 0 Å². The highest BCUT2D eigenvalue weighted by Gasteiger charge is 2.34. The zero-order valence-electron chi connectivity index (χ0n) is 33.3. The van der Waals surface area contributed by atoms with Gasteiger partial charge in [0.2, 0.25) is 35.4 Å². The highest BCUT2D eigenvalue weighted by molar-refractivity contribution is 5.96. The van der Waals surface area contributed by atoms with Crippen LogP contribution in [0, 0.1) is 17.8 Å². The van der Waals surface area contributed by atoms with Gasteiger partial charge in [0.1, 0.15) is 30.2 Å². The summed E-state index contributed by atoms with van der Waals surface area (Å²) in [4.78, 5) is 80.9. The molecule has 0 saturated carbocycles. The number of nitrogens with two attached hydrogens (primary N) is 2. The van der Waals surface area contributed by atoms with Gasteiger partial charge in [0, 0.05) is 13.0 Å². The Balaban J connectivity index is 3.31. The van der Waals surface area contributed by atoms with E-state index in [2.05, 4.69) is 45.7 Å². The van der Waals surface area contributed by atoms with Crippen molar-refractivity contribution >= 4 is 35.4 Å². The molecule has 306 valence electrons. The van der Waals surface area contributed by atoms with E-state index in [-0.39, 0.29) is 49.5 Å². The van der Waals surface area contributed by atoms with Crippen molar-refractivity contribution in [1.82, 2.24) is 31.9 Å². The summed E-state index contributed by atoms with van der Waals surface area (Å²) in [5.41, 5.74) is 11.4. The highest BCUT2D eigenvalue weighted by atomic mass is 16.3. The lowest BCUT2D eigenvalue weighted by Crippen LogP contribution is -2.61. The van der Waals surface area contributed by atoms with Crippen LogP contribution in [0.25, 0.3) is 0 Å². The smallest absolute Gasteiger partial charge is 0.245 e. The molecule has 7 atom stereocenters. The van der Waals surface area contributed by atoms with Gasteiger partial charge < -0.3 is 48.5 Å². The molecule has 0 spiro atoms. The summed E-state index contributed by atoms with van der Waals surface area (Å²) < 4.78 is 0. The number of aliphatic hydroxyl groups excluding tert-OH is 1. The number of hydrogen-bond acceptors (Lipinski definition) is 9. The predicted molar refractivity (Wildman–Crippen MR) is 206 cm³/mol. The van der Waals surface area contributed by atoms with E-state index in [1.54, 1.807) is 0 Å². The minimum absolute atomic E-state index is 0.0863. The molecule has 1 unspecified atom stereocenters. The molecule has 11 N–H and O–H groups in total. The Morgan fingerprint density at radius 3 is 2.04 bits per heavy atom. The van der Waals surface area contributed by atoms with Crippen molar-refractivity contribution in [3.05, 3.63) is 0 Å². The van der Waals surface area contributed by atoms with Gasteiger partial charge in [-0.15, -0.1) is 0 Å². The summed E-state index contributed by atoms with van der Waals surface area (Å²) in [6, 6.07) is -5.38. The Morgan fingerprint density at radius 2 is 1.42 bits per heavy atom. The van der Waals surface area contributed by atoms with Gasteiger partial charge in [0.05, 0.1) is 6.10 Å². The number of carbonyl (C=O) groups excluding carboxylic acids is 6. The van der Waals surface area contributed by atoms with E-state index < -0.39 is 59.9 Å². The van der Waals surface area contributed by atoms with Crippen LogP contribution in [0.15, 0.2) is 0 Å². The van der Waals surface area contributed by atoms with Gasteiger partial charge in [-0.2, -0.15) is 0 Å². The van der Waals surface area contributed by atoms with E-state index in [1.807, 2.05) is 20.8 Å². The molecule has 0 radical (unpaired) electrons. The molecule has 15 heteroatoms. The lowest BCUT2D eigenvalue weighted by atomic mass is 9.96. The second-order valence-corrected chi connectivity index (χ2v) is 15.6. The Labute approximate surface area is 317 Å². The minimum Gasteiger partial charge on any atom is -0.391 e. The summed E-state index contributed by atoms with van der Waals surface area (Å²) in [6.07, 6.45) is 6.18. The first kappa shape index (κ1) is 47.7. The van der Waals surface area contributed by atoms with Crippen LogP contribution < -0.4 is 43.4 Å². The van der Waals surface area contributed by atoms with E-state index in [9.17, 15) is 33.9 Å². The SMILES string of the molecule is CC(C)CCCC(C)CC(=O)N[C@@H](CCCCN)C(=O)N[C@H]1CCCCNC(=O)[C@@H](CC(C)C)NC(=O)[C@H](CCCCN)NC(=O)[C@H]([C@@H](C)O)NC1=O. The van der Waals surface area contributed by atoms with Crippen molar-refractivity contribution in [2.45, 2.75) is 168 Å². The van der Waals surface area contributed by atoms with Crippen LogP contribution in [-0.2, 0) is 28.8 Å². The number of nitrogens with one attached hydrogen (secondary N) is 6. The number of aliphatic hydroxyl groups is 1. The third-order valence-corrected chi connectivity index (χ3v) is 9.45. The summed E-state index contributed by atoms with van der Waals surface area (Å²) in [5.74, 6) is -2.41. The predicted octanol–water partition coefficient (Wildman–Crippen LogP) is 1.25. The molecule has 1 saturated heterocycles. The molecule has 6 amide bonds. The van der Waals surface area contributed by atoms with Crippen molar-refractivity contribution in [3.8, 4) is 0 Å². The van der Waals surface area contributed by atoms with Crippen molar-refractivity contribution in [3.63, 3.8) is 0 Å². The lowest BCUT2D eigenvalue weighted by molar-refractivity contribution is -0.137. The number of rotatable bonds is 20. The molecule has 1 rings (SSSR count). The van der Waals surface area contributed by atoms with Gasteiger partial charge in [-0.05, 0) is 102 Å². The van der Waals surface area contributed by atoms with Crippen LogP contribution in [-0.4, -0.2) is 96.5 Å². The van der Waals surface area contributed by atoms with Crippen LogP contribution in [0.3, 0.4) is 0 Å². The van der Waals surface area contributed by atoms with E-state index in [4.69, 9.17) is 11.5 Å². The molecule has 0 aromatic rings. The molecular weight excluding hydrogens is 680 g/mol. The summed E-state index contributed by atoms with van der Waals surface area (Å²) in [7, 11) is 0. The summed E-state index contributed by atoms with van der Waals surface area (Å²) in [5, 5.41) is 27.2. The van der Waals surface area contributed by atoms with Crippen molar-refractivity contribution in [2.24, 2.45) is 29.2 Å². The fourth-order valence-corrected chi connectivity index (χ4v) is 6.31. The maximum atomic E-state index is 13.8. The number of amides is 6. The standard InChI is InChI=1S/C38H72N8O7/c1-24(2)14-13-15-26(5)23-32(48)42-28(16-7-10-19-39)35(50)43-30-18-9-12-21-41-34(49)31(22-25(3)4)45-36(51)29(17-8-11-20-40)44-38(53)33(27(6)47)46-37(30)52/h24-31,33,47H,7-23,39-40H2,1-6H3,(H,41,49)(H,42,48)(H,43,50)(H,44,53)(H,45,51)(H,46,52)/t26?,27-,28+,29+,30+,31-,33+/m1/s1. The fourth-order valence-electron chi connectivity index (χ4n) is 6.31. The first-order valence-corrected chi connectivity index (χ1v) is 20.0. The molecule has 15 nitrogen and oxygen atoms in total. The van der Waals surface area contributed by atoms with Gasteiger partial charge in [0.15, 0.2) is 0 Å². The fraction of sp³-hybridized carbons (Fsp3) is 0.842. The maximum absolute atomic E-state index is 13.8. The average Bonchev–Trinajstić information content (AvgIpc) is 3.07. The molecule has 53 heavy (non-hydrogen) atoms. The Morgan fingerprint density at radius 1 is 0.755 bits per heavy atom. The summed E-state index contributed by atoms with van der Waals surface area (Å²) >= 11 is 0. The zero-order chi connectivity index (χ0) is 39.9. The Bertz CT molecular complexity index is 1140. The third kappa shape index (κ3) is 20.1. The van der Waals surface area contributed by atoms with Crippen LogP contribution in [0.2, 0.25) is 0 Å². The van der Waals surface area contributed by atoms with Crippen LogP contribution in [0.1, 0.15) is 131 Å². The number of carbonyl (C=O) groups is 6. The Hall–Kier alpha value is -3.30. The summed E-state index contributed by atoms with van der Waals surface area (Å²) in [6.45, 7) is 12.6. The topological polar surface area (TPSA) is 247 Å². The van der Waals surface area contributed by atoms with E-state index in [1.165, 1.54) is 6.92 Å². The van der Waals surface area contributed by atoms with E-state index in [0.717, 1.165) is 19.3 Å². The van der Waals surface area contributed by atoms with Crippen LogP contribution >= 0.6 is 0 Å². The molecule has 1 fully saturated rings. The van der Waals surface area contributed by atoms with Gasteiger partial charge in [-0.3, -0.25) is 28.8 Å². The first-order valence-electron chi connectivity index (χ1n) is 20.0. The van der Waals surface area contributed by atoms with Crippen molar-refractivity contribution in [1.29, 1.82) is 0 Å². The van der Waals surface area contributed by atoms with E-state index in [0.29, 0.717) is 70.4 Å². The number of hydrogen-bond donors (Lipinski definition) is 9. The minimum atomic E-state index is -1.45. The van der Waals surface area contributed by atoms with Gasteiger partial charge in [-0.1, -0.05) is 53.9 Å². The molecule has 0 aliphatic carbocycles. The maximum Gasteiger partial charge on any atom is 0.245 e. The van der Waals surface area contributed by atoms with Crippen LogP contribution in [0.4, 0.5) is 0 Å². The van der Waals surface area contributed by atoms with Crippen molar-refractivity contribution < 1.29 is 33.9 Å². The van der Waals surface area contributed by atoms with Gasteiger partial charge in [0.25, 0.3) is 0 Å². The molecule has 0 aromatic carbocycles. The molecule has 1 aliphatic rings. The molecule has 1 heterocycles. The first-order chi connectivity index (χ1) is 25.1. The normalized spacial score (nSPS) is 22.6. The Kier molecular flexibility index (Phi) is 23.8. The van der Waals surface area contributed by atoms with Crippen molar-refractivity contribution in [2.75, 3.05) is 19.6 Å². The number of unbranched alkanes of at least 4 members (excludes halogenated alkanes) is 2.